The fraction of sp³-hybridized carbons (Fsp3) is 0.714. The highest BCUT2D eigenvalue weighted by Crippen LogP contribution is 2.63. The molecule has 0 spiro atoms. The molecule has 32 heavy (non-hydrogen) atoms. The molecule has 0 heterocycles. The number of rotatable bonds is 7. The SMILES string of the molecule is CCC(O)(/C=C\COCC1=CC[C@H]2C3=CC=C4C[C@@H](O)C[C@H](O)[C@]4(C)[C@H]3CC[C@]12C)CC. The van der Waals surface area contributed by atoms with Gasteiger partial charge < -0.3 is 20.1 Å². The highest BCUT2D eigenvalue weighted by Gasteiger charge is 2.56. The van der Waals surface area contributed by atoms with Gasteiger partial charge in [0.2, 0.25) is 0 Å². The standard InChI is InChI=1S/C28H42O4/c1-5-28(31,6-2)13-7-15-32-18-20-9-11-23-22-10-8-19-16-21(29)17-25(30)27(19,4)24(22)12-14-26(20,23)3/h7-10,13,21,23-25,29-31H,5-6,11-12,14-18H2,1-4H3/b13-7-/t21-,23+,24+,25+,26-,27+/m1/s1. The first kappa shape index (κ1) is 23.9. The fourth-order valence-electron chi connectivity index (χ4n) is 6.94. The van der Waals surface area contributed by atoms with Crippen molar-refractivity contribution < 1.29 is 20.1 Å². The van der Waals surface area contributed by atoms with Crippen LogP contribution in [0.15, 0.2) is 47.1 Å². The third-order valence-electron chi connectivity index (χ3n) is 9.52. The first-order chi connectivity index (χ1) is 15.2. The number of aliphatic hydroxyl groups excluding tert-OH is 2. The average molecular weight is 443 g/mol. The normalized spacial score (nSPS) is 39.2. The van der Waals surface area contributed by atoms with Gasteiger partial charge in [0.1, 0.15) is 0 Å². The molecule has 0 aliphatic heterocycles. The van der Waals surface area contributed by atoms with Gasteiger partial charge in [0, 0.05) is 11.8 Å². The minimum atomic E-state index is -0.721. The van der Waals surface area contributed by atoms with Crippen LogP contribution in [0.25, 0.3) is 0 Å². The van der Waals surface area contributed by atoms with Gasteiger partial charge >= 0.3 is 0 Å². The van der Waals surface area contributed by atoms with Crippen LogP contribution in [0.1, 0.15) is 72.6 Å². The van der Waals surface area contributed by atoms with Gasteiger partial charge in [-0.25, -0.2) is 0 Å². The van der Waals surface area contributed by atoms with Gasteiger partial charge in [-0.2, -0.15) is 0 Å². The van der Waals surface area contributed by atoms with E-state index in [2.05, 4.69) is 32.1 Å². The van der Waals surface area contributed by atoms with Crippen molar-refractivity contribution in [3.63, 3.8) is 0 Å². The van der Waals surface area contributed by atoms with Gasteiger partial charge in [0.25, 0.3) is 0 Å². The number of ether oxygens (including phenoxy) is 1. The molecule has 0 amide bonds. The quantitative estimate of drug-likeness (QED) is 0.389. The highest BCUT2D eigenvalue weighted by atomic mass is 16.5. The Morgan fingerprint density at radius 1 is 1.16 bits per heavy atom. The number of hydrogen-bond donors (Lipinski definition) is 3. The molecular weight excluding hydrogens is 400 g/mol. The van der Waals surface area contributed by atoms with Gasteiger partial charge in [-0.05, 0) is 61.3 Å². The lowest BCUT2D eigenvalue weighted by molar-refractivity contribution is -0.0493. The second kappa shape index (κ2) is 8.87. The summed E-state index contributed by atoms with van der Waals surface area (Å²) in [4.78, 5) is 0. The molecule has 2 fully saturated rings. The molecule has 178 valence electrons. The van der Waals surface area contributed by atoms with E-state index in [1.54, 1.807) is 0 Å². The van der Waals surface area contributed by atoms with E-state index >= 15 is 0 Å². The van der Waals surface area contributed by atoms with Crippen LogP contribution in [0.4, 0.5) is 0 Å². The van der Waals surface area contributed by atoms with Crippen molar-refractivity contribution in [1.82, 2.24) is 0 Å². The van der Waals surface area contributed by atoms with Gasteiger partial charge in [0.05, 0.1) is 31.0 Å². The molecule has 0 aromatic rings. The van der Waals surface area contributed by atoms with E-state index in [9.17, 15) is 15.3 Å². The summed E-state index contributed by atoms with van der Waals surface area (Å²) in [5, 5.41) is 31.6. The molecule has 0 unspecified atom stereocenters. The van der Waals surface area contributed by atoms with E-state index in [0.29, 0.717) is 50.7 Å². The number of allylic oxidation sites excluding steroid dienone is 4. The van der Waals surface area contributed by atoms with Crippen LogP contribution in [-0.4, -0.2) is 46.3 Å². The predicted molar refractivity (Wildman–Crippen MR) is 128 cm³/mol. The summed E-state index contributed by atoms with van der Waals surface area (Å²) in [6.45, 7) is 9.78. The Labute approximate surface area is 193 Å². The second-order valence-corrected chi connectivity index (χ2v) is 11.0. The third-order valence-corrected chi connectivity index (χ3v) is 9.52. The van der Waals surface area contributed by atoms with E-state index < -0.39 is 17.8 Å². The molecule has 4 heteroatoms. The molecule has 0 saturated heterocycles. The van der Waals surface area contributed by atoms with Gasteiger partial charge in [-0.15, -0.1) is 0 Å². The van der Waals surface area contributed by atoms with Crippen LogP contribution >= 0.6 is 0 Å². The molecule has 4 rings (SSSR count). The van der Waals surface area contributed by atoms with Crippen LogP contribution < -0.4 is 0 Å². The number of fused-ring (bicyclic) bond motifs is 5. The molecule has 0 aromatic carbocycles. The zero-order chi connectivity index (χ0) is 23.1. The number of hydrogen-bond acceptors (Lipinski definition) is 4. The van der Waals surface area contributed by atoms with Crippen molar-refractivity contribution in [3.8, 4) is 0 Å². The highest BCUT2D eigenvalue weighted by molar-refractivity contribution is 5.43. The summed E-state index contributed by atoms with van der Waals surface area (Å²) in [5.74, 6) is 0.829. The van der Waals surface area contributed by atoms with Crippen LogP contribution in [0, 0.1) is 22.7 Å². The van der Waals surface area contributed by atoms with Crippen molar-refractivity contribution in [2.75, 3.05) is 13.2 Å². The summed E-state index contributed by atoms with van der Waals surface area (Å²) in [7, 11) is 0. The van der Waals surface area contributed by atoms with Crippen LogP contribution in [0.5, 0.6) is 0 Å². The Morgan fingerprint density at radius 2 is 1.91 bits per heavy atom. The zero-order valence-corrected chi connectivity index (χ0v) is 20.3. The molecule has 0 bridgehead atoms. The zero-order valence-electron chi connectivity index (χ0n) is 20.3. The summed E-state index contributed by atoms with van der Waals surface area (Å²) < 4.78 is 6.02. The molecule has 4 aliphatic rings. The summed E-state index contributed by atoms with van der Waals surface area (Å²) in [5.41, 5.74) is 3.26. The first-order valence-corrected chi connectivity index (χ1v) is 12.6. The lowest BCUT2D eigenvalue weighted by Gasteiger charge is -2.56. The minimum Gasteiger partial charge on any atom is -0.393 e. The topological polar surface area (TPSA) is 69.9 Å². The summed E-state index contributed by atoms with van der Waals surface area (Å²) >= 11 is 0. The Morgan fingerprint density at radius 3 is 2.62 bits per heavy atom. The smallest absolute Gasteiger partial charge is 0.0823 e. The van der Waals surface area contributed by atoms with E-state index in [1.165, 1.54) is 16.7 Å². The Kier molecular flexibility index (Phi) is 6.63. The molecule has 6 atom stereocenters. The lowest BCUT2D eigenvalue weighted by Crippen LogP contribution is -2.52. The molecule has 0 aromatic heterocycles. The minimum absolute atomic E-state index is 0.112. The molecule has 4 nitrogen and oxygen atoms in total. The molecule has 2 saturated carbocycles. The monoisotopic (exact) mass is 442 g/mol. The Bertz CT molecular complexity index is 832. The van der Waals surface area contributed by atoms with Crippen LogP contribution in [0.3, 0.4) is 0 Å². The summed E-state index contributed by atoms with van der Waals surface area (Å²) in [6, 6.07) is 0. The van der Waals surface area contributed by atoms with E-state index in [1.807, 2.05) is 26.0 Å². The van der Waals surface area contributed by atoms with Gasteiger partial charge in [-0.1, -0.05) is 69.2 Å². The molecule has 3 N–H and O–H groups in total. The maximum absolute atomic E-state index is 11.0. The molecular formula is C28H42O4. The molecule has 0 radical (unpaired) electrons. The van der Waals surface area contributed by atoms with Gasteiger partial charge in [0.15, 0.2) is 0 Å². The first-order valence-electron chi connectivity index (χ1n) is 12.6. The van der Waals surface area contributed by atoms with E-state index in [4.69, 9.17) is 4.74 Å². The van der Waals surface area contributed by atoms with Gasteiger partial charge in [-0.3, -0.25) is 0 Å². The van der Waals surface area contributed by atoms with Crippen molar-refractivity contribution in [2.24, 2.45) is 22.7 Å². The van der Waals surface area contributed by atoms with Crippen LogP contribution in [0.2, 0.25) is 0 Å². The van der Waals surface area contributed by atoms with Crippen molar-refractivity contribution in [3.05, 3.63) is 47.1 Å². The maximum atomic E-state index is 11.0. The maximum Gasteiger partial charge on any atom is 0.0823 e. The van der Waals surface area contributed by atoms with Crippen molar-refractivity contribution in [2.45, 2.75) is 90.4 Å². The van der Waals surface area contributed by atoms with E-state index in [0.717, 1.165) is 19.3 Å². The Balaban J connectivity index is 1.44. The third kappa shape index (κ3) is 3.87. The van der Waals surface area contributed by atoms with E-state index in [-0.39, 0.29) is 10.8 Å². The fourth-order valence-corrected chi connectivity index (χ4v) is 6.94. The second-order valence-electron chi connectivity index (χ2n) is 11.0. The summed E-state index contributed by atoms with van der Waals surface area (Å²) in [6.07, 6.45) is 15.6. The van der Waals surface area contributed by atoms with Crippen LogP contribution in [-0.2, 0) is 4.74 Å². The Hall–Kier alpha value is -1.20. The largest absolute Gasteiger partial charge is 0.393 e. The number of aliphatic hydroxyl groups is 3. The molecule has 4 aliphatic carbocycles. The predicted octanol–water partition coefficient (Wildman–Crippen LogP) is 4.86. The lowest BCUT2D eigenvalue weighted by atomic mass is 9.50. The van der Waals surface area contributed by atoms with Crippen molar-refractivity contribution in [1.29, 1.82) is 0 Å². The van der Waals surface area contributed by atoms with Crippen molar-refractivity contribution >= 4 is 0 Å². The average Bonchev–Trinajstić information content (AvgIpc) is 3.11.